The van der Waals surface area contributed by atoms with Crippen LogP contribution in [-0.4, -0.2) is 34.3 Å². The zero-order valence-corrected chi connectivity index (χ0v) is 13.0. The van der Waals surface area contributed by atoms with Crippen molar-refractivity contribution in [2.45, 2.75) is 25.9 Å². The van der Waals surface area contributed by atoms with E-state index in [4.69, 9.17) is 0 Å². The van der Waals surface area contributed by atoms with Gasteiger partial charge in [0, 0.05) is 30.5 Å². The molecule has 1 aromatic heterocycles. The smallest absolute Gasteiger partial charge is 0.133 e. The van der Waals surface area contributed by atoms with Crippen molar-refractivity contribution >= 4 is 17.2 Å². The first-order valence-electron chi connectivity index (χ1n) is 7.68. The maximum atomic E-state index is 9.62. The minimum absolute atomic E-state index is 0.223. The van der Waals surface area contributed by atoms with E-state index in [1.165, 1.54) is 6.33 Å². The molecule has 1 aliphatic rings. The third kappa shape index (κ3) is 3.58. The molecule has 23 heavy (non-hydrogen) atoms. The lowest BCUT2D eigenvalue weighted by Gasteiger charge is -2.32. The summed E-state index contributed by atoms with van der Waals surface area (Å²) in [4.78, 5) is 10.4. The second-order valence-corrected chi connectivity index (χ2v) is 5.73. The standard InChI is InChI=1S/C17H19N5O/c1-12-8-17(20-11-19-12)21-14-2-3-16(13(9-14)10-18)22-6-4-15(23)5-7-22/h2-3,8-9,11,15,23H,4-7H2,1H3,(H,19,20,21). The number of aromatic nitrogens is 2. The van der Waals surface area contributed by atoms with Gasteiger partial charge in [-0.15, -0.1) is 0 Å². The van der Waals surface area contributed by atoms with E-state index in [1.807, 2.05) is 31.2 Å². The first-order valence-corrected chi connectivity index (χ1v) is 7.68. The molecule has 0 spiro atoms. The first kappa shape index (κ1) is 15.3. The summed E-state index contributed by atoms with van der Waals surface area (Å²) in [6.07, 6.45) is 2.77. The van der Waals surface area contributed by atoms with Gasteiger partial charge in [0.15, 0.2) is 0 Å². The Kier molecular flexibility index (Phi) is 4.40. The van der Waals surface area contributed by atoms with Crippen LogP contribution in [0.2, 0.25) is 0 Å². The fraction of sp³-hybridized carbons (Fsp3) is 0.353. The Balaban J connectivity index is 1.81. The van der Waals surface area contributed by atoms with E-state index in [9.17, 15) is 10.4 Å². The van der Waals surface area contributed by atoms with Crippen LogP contribution in [0.25, 0.3) is 0 Å². The molecule has 118 valence electrons. The van der Waals surface area contributed by atoms with Crippen LogP contribution < -0.4 is 10.2 Å². The first-order chi connectivity index (χ1) is 11.2. The number of nitrogens with one attached hydrogen (secondary N) is 1. The number of piperidine rings is 1. The van der Waals surface area contributed by atoms with Gasteiger partial charge in [-0.1, -0.05) is 0 Å². The Morgan fingerprint density at radius 2 is 2.04 bits per heavy atom. The number of nitrogens with zero attached hydrogens (tertiary/aromatic N) is 4. The molecular formula is C17H19N5O. The number of anilines is 3. The van der Waals surface area contributed by atoms with Gasteiger partial charge in [-0.25, -0.2) is 9.97 Å². The number of aliphatic hydroxyl groups excluding tert-OH is 1. The lowest BCUT2D eigenvalue weighted by Crippen LogP contribution is -2.36. The van der Waals surface area contributed by atoms with Crippen LogP contribution in [0.5, 0.6) is 0 Å². The van der Waals surface area contributed by atoms with E-state index < -0.39 is 0 Å². The maximum Gasteiger partial charge on any atom is 0.133 e. The Bertz CT molecular complexity index is 732. The number of nitriles is 1. The Morgan fingerprint density at radius 3 is 2.74 bits per heavy atom. The lowest BCUT2D eigenvalue weighted by molar-refractivity contribution is 0.145. The van der Waals surface area contributed by atoms with E-state index >= 15 is 0 Å². The van der Waals surface area contributed by atoms with Gasteiger partial charge in [0.1, 0.15) is 18.2 Å². The van der Waals surface area contributed by atoms with Crippen molar-refractivity contribution in [2.75, 3.05) is 23.3 Å². The highest BCUT2D eigenvalue weighted by molar-refractivity contribution is 5.68. The summed E-state index contributed by atoms with van der Waals surface area (Å²) >= 11 is 0. The molecule has 0 amide bonds. The van der Waals surface area contributed by atoms with Crippen molar-refractivity contribution in [1.82, 2.24) is 9.97 Å². The van der Waals surface area contributed by atoms with Crippen molar-refractivity contribution in [1.29, 1.82) is 5.26 Å². The van der Waals surface area contributed by atoms with Crippen LogP contribution in [-0.2, 0) is 0 Å². The van der Waals surface area contributed by atoms with Crippen molar-refractivity contribution in [3.8, 4) is 6.07 Å². The van der Waals surface area contributed by atoms with Gasteiger partial charge < -0.3 is 15.3 Å². The van der Waals surface area contributed by atoms with Crippen molar-refractivity contribution in [3.63, 3.8) is 0 Å². The molecule has 1 aromatic carbocycles. The Morgan fingerprint density at radius 1 is 1.26 bits per heavy atom. The van der Waals surface area contributed by atoms with E-state index in [1.54, 1.807) is 0 Å². The largest absolute Gasteiger partial charge is 0.393 e. The molecule has 0 saturated carbocycles. The van der Waals surface area contributed by atoms with Crippen molar-refractivity contribution < 1.29 is 5.11 Å². The number of hydrogen-bond donors (Lipinski definition) is 2. The number of hydrogen-bond acceptors (Lipinski definition) is 6. The molecule has 6 nitrogen and oxygen atoms in total. The zero-order valence-electron chi connectivity index (χ0n) is 13.0. The molecule has 3 rings (SSSR count). The van der Waals surface area contributed by atoms with E-state index in [0.29, 0.717) is 11.4 Å². The van der Waals surface area contributed by atoms with Crippen LogP contribution >= 0.6 is 0 Å². The predicted molar refractivity (Wildman–Crippen MR) is 88.7 cm³/mol. The van der Waals surface area contributed by atoms with E-state index in [-0.39, 0.29) is 6.10 Å². The molecule has 2 heterocycles. The second kappa shape index (κ2) is 6.63. The summed E-state index contributed by atoms with van der Waals surface area (Å²) in [5.41, 5.74) is 3.24. The van der Waals surface area contributed by atoms with Crippen molar-refractivity contribution in [2.24, 2.45) is 0 Å². The highest BCUT2D eigenvalue weighted by atomic mass is 16.3. The van der Waals surface area contributed by atoms with Crippen LogP contribution in [0.4, 0.5) is 17.2 Å². The van der Waals surface area contributed by atoms with E-state index in [0.717, 1.165) is 43.0 Å². The highest BCUT2D eigenvalue weighted by Gasteiger charge is 2.19. The molecule has 1 saturated heterocycles. The van der Waals surface area contributed by atoms with E-state index in [2.05, 4.69) is 26.3 Å². The molecule has 0 atom stereocenters. The average molecular weight is 309 g/mol. The van der Waals surface area contributed by atoms with Gasteiger partial charge in [0.2, 0.25) is 0 Å². The third-order valence-corrected chi connectivity index (χ3v) is 4.00. The van der Waals surface area contributed by atoms with Gasteiger partial charge in [-0.3, -0.25) is 0 Å². The lowest BCUT2D eigenvalue weighted by atomic mass is 10.0. The molecule has 0 bridgehead atoms. The minimum atomic E-state index is -0.223. The Hall–Kier alpha value is -2.65. The van der Waals surface area contributed by atoms with Crippen LogP contribution in [0, 0.1) is 18.3 Å². The molecule has 0 aliphatic carbocycles. The molecule has 2 aromatic rings. The Labute approximate surface area is 135 Å². The van der Waals surface area contributed by atoms with Crippen LogP contribution in [0.15, 0.2) is 30.6 Å². The van der Waals surface area contributed by atoms with Crippen LogP contribution in [0.1, 0.15) is 24.1 Å². The number of aryl methyl sites for hydroxylation is 1. The molecular weight excluding hydrogens is 290 g/mol. The molecule has 6 heteroatoms. The van der Waals surface area contributed by atoms with Crippen molar-refractivity contribution in [3.05, 3.63) is 41.9 Å². The summed E-state index contributed by atoms with van der Waals surface area (Å²) < 4.78 is 0. The van der Waals surface area contributed by atoms with Gasteiger partial charge in [0.25, 0.3) is 0 Å². The fourth-order valence-electron chi connectivity index (χ4n) is 2.76. The normalized spacial score (nSPS) is 15.3. The SMILES string of the molecule is Cc1cc(Nc2ccc(N3CCC(O)CC3)c(C#N)c2)ncn1. The number of benzene rings is 1. The summed E-state index contributed by atoms with van der Waals surface area (Å²) in [6, 6.07) is 9.84. The molecule has 1 fully saturated rings. The van der Waals surface area contributed by atoms with Gasteiger partial charge >= 0.3 is 0 Å². The summed E-state index contributed by atoms with van der Waals surface area (Å²) in [7, 11) is 0. The second-order valence-electron chi connectivity index (χ2n) is 5.73. The summed E-state index contributed by atoms with van der Waals surface area (Å²) in [6.45, 7) is 3.45. The summed E-state index contributed by atoms with van der Waals surface area (Å²) in [5.74, 6) is 0.704. The van der Waals surface area contributed by atoms with Gasteiger partial charge in [-0.05, 0) is 38.0 Å². The fourth-order valence-corrected chi connectivity index (χ4v) is 2.76. The third-order valence-electron chi connectivity index (χ3n) is 4.00. The topological polar surface area (TPSA) is 85.1 Å². The maximum absolute atomic E-state index is 9.62. The number of aliphatic hydroxyl groups is 1. The predicted octanol–water partition coefficient (Wildman–Crippen LogP) is 2.36. The van der Waals surface area contributed by atoms with Gasteiger partial charge in [0.05, 0.1) is 17.4 Å². The average Bonchev–Trinajstić information content (AvgIpc) is 2.56. The minimum Gasteiger partial charge on any atom is -0.393 e. The number of rotatable bonds is 3. The zero-order chi connectivity index (χ0) is 16.2. The summed E-state index contributed by atoms with van der Waals surface area (Å²) in [5, 5.41) is 22.3. The molecule has 2 N–H and O–H groups in total. The molecule has 0 radical (unpaired) electrons. The van der Waals surface area contributed by atoms with Crippen LogP contribution in [0.3, 0.4) is 0 Å². The monoisotopic (exact) mass is 309 g/mol. The highest BCUT2D eigenvalue weighted by Crippen LogP contribution is 2.27. The quantitative estimate of drug-likeness (QED) is 0.905. The molecule has 1 aliphatic heterocycles. The van der Waals surface area contributed by atoms with Gasteiger partial charge in [-0.2, -0.15) is 5.26 Å². The molecule has 0 unspecified atom stereocenters.